The number of hydrogen-bond acceptors (Lipinski definition) is 6. The van der Waals surface area contributed by atoms with Gasteiger partial charge in [0.25, 0.3) is 0 Å². The van der Waals surface area contributed by atoms with Crippen LogP contribution in [0.25, 0.3) is 22.6 Å². The fourth-order valence-corrected chi connectivity index (χ4v) is 4.20. The lowest BCUT2D eigenvalue weighted by atomic mass is 10.0. The highest BCUT2D eigenvalue weighted by Gasteiger charge is 2.08. The largest absolute Gasteiger partial charge is 0.494 e. The van der Waals surface area contributed by atoms with E-state index < -0.39 is 5.63 Å². The van der Waals surface area contributed by atoms with Gasteiger partial charge in [-0.3, -0.25) is 4.99 Å². The second-order valence-electron chi connectivity index (χ2n) is 9.13. The molecule has 0 N–H and O–H groups in total. The molecule has 4 rings (SSSR count). The predicted molar refractivity (Wildman–Crippen MR) is 160 cm³/mol. The number of unbranched alkanes of at least 4 members (excludes halogenated alkanes) is 1. The Morgan fingerprint density at radius 2 is 1.74 bits per heavy atom. The number of allylic oxidation sites excluding steroid dienone is 1. The lowest BCUT2D eigenvalue weighted by Gasteiger charge is -2.20. The summed E-state index contributed by atoms with van der Waals surface area (Å²) < 4.78 is 11.3. The van der Waals surface area contributed by atoms with Crippen molar-refractivity contribution in [2.24, 2.45) is 4.99 Å². The van der Waals surface area contributed by atoms with Crippen LogP contribution in [0.2, 0.25) is 0 Å². The van der Waals surface area contributed by atoms with Crippen LogP contribution in [-0.2, 0) is 0 Å². The molecular weight excluding hydrogens is 486 g/mol. The predicted octanol–water partition coefficient (Wildman–Crippen LogP) is 7.63. The van der Waals surface area contributed by atoms with Gasteiger partial charge in [0.05, 0.1) is 29.5 Å². The second kappa shape index (κ2) is 13.3. The van der Waals surface area contributed by atoms with E-state index in [0.717, 1.165) is 53.9 Å². The maximum absolute atomic E-state index is 12.6. The number of hydrogen-bond donors (Lipinski definition) is 0. The van der Waals surface area contributed by atoms with Crippen LogP contribution >= 0.6 is 0 Å². The van der Waals surface area contributed by atoms with Gasteiger partial charge in [-0.1, -0.05) is 37.6 Å². The molecule has 0 atom stereocenters. The number of anilines is 1. The van der Waals surface area contributed by atoms with Crippen LogP contribution < -0.4 is 15.3 Å². The van der Waals surface area contributed by atoms with Crippen molar-refractivity contribution >= 4 is 40.2 Å². The highest BCUT2D eigenvalue weighted by Crippen LogP contribution is 2.24. The number of nitrogens with zero attached hydrogens (tertiary/aromatic N) is 3. The van der Waals surface area contributed by atoms with Gasteiger partial charge in [-0.2, -0.15) is 5.26 Å². The number of benzene rings is 3. The van der Waals surface area contributed by atoms with E-state index in [2.05, 4.69) is 36.7 Å². The van der Waals surface area contributed by atoms with Gasteiger partial charge in [0.1, 0.15) is 11.3 Å². The van der Waals surface area contributed by atoms with Crippen molar-refractivity contribution in [3.63, 3.8) is 0 Å². The topological polar surface area (TPSA) is 78.8 Å². The minimum absolute atomic E-state index is 0.377. The summed E-state index contributed by atoms with van der Waals surface area (Å²) in [4.78, 5) is 19.3. The van der Waals surface area contributed by atoms with Gasteiger partial charge in [-0.25, -0.2) is 4.79 Å². The van der Waals surface area contributed by atoms with Crippen molar-refractivity contribution in [3.8, 4) is 11.8 Å². The fourth-order valence-electron chi connectivity index (χ4n) is 4.20. The van der Waals surface area contributed by atoms with Gasteiger partial charge >= 0.3 is 5.63 Å². The molecule has 0 amide bonds. The normalized spacial score (nSPS) is 11.6. The van der Waals surface area contributed by atoms with E-state index in [0.29, 0.717) is 29.0 Å². The highest BCUT2D eigenvalue weighted by molar-refractivity contribution is 5.91. The Hall–Kier alpha value is -4.63. The van der Waals surface area contributed by atoms with Crippen LogP contribution in [0.15, 0.2) is 87.0 Å². The molecule has 0 radical (unpaired) electrons. The quantitative estimate of drug-likeness (QED) is 0.0669. The van der Waals surface area contributed by atoms with Gasteiger partial charge in [0.15, 0.2) is 0 Å². The van der Waals surface area contributed by atoms with Crippen LogP contribution in [-0.4, -0.2) is 25.9 Å². The van der Waals surface area contributed by atoms with E-state index in [1.807, 2.05) is 72.8 Å². The third-order valence-corrected chi connectivity index (χ3v) is 6.48. The van der Waals surface area contributed by atoms with Crippen LogP contribution in [0.4, 0.5) is 11.4 Å². The third-order valence-electron chi connectivity index (χ3n) is 6.48. The SMILES string of the molecule is CCCCOc1ccc(/C=C(\C#N)c2ccc(N=Cc3cc4ccc(N(CC)CC)cc4oc3=O)cc2)cc1. The van der Waals surface area contributed by atoms with E-state index >= 15 is 0 Å². The Morgan fingerprint density at radius 3 is 2.41 bits per heavy atom. The fraction of sp³-hybridized carbons (Fsp3) is 0.242. The van der Waals surface area contributed by atoms with Crippen molar-refractivity contribution in [1.29, 1.82) is 5.26 Å². The molecule has 0 bridgehead atoms. The first-order chi connectivity index (χ1) is 19.0. The Morgan fingerprint density at radius 1 is 1.00 bits per heavy atom. The Kier molecular flexibility index (Phi) is 9.31. The molecule has 0 aliphatic carbocycles. The standard InChI is InChI=1S/C33H33N3O3/c1-4-7-18-38-31-16-8-24(9-17-31)19-27(22-34)25-10-13-29(14-11-25)35-23-28-20-26-12-15-30(36(5-2)6-3)21-32(26)39-33(28)37/h8-17,19-21,23H,4-7,18H2,1-3H3/b27-19+,35-23?. The summed E-state index contributed by atoms with van der Waals surface area (Å²) in [6.45, 7) is 8.78. The van der Waals surface area contributed by atoms with E-state index in [9.17, 15) is 10.1 Å². The molecular formula is C33H33N3O3. The van der Waals surface area contributed by atoms with Crippen LogP contribution in [0.1, 0.15) is 50.3 Å². The first-order valence-electron chi connectivity index (χ1n) is 13.4. The molecule has 198 valence electrons. The summed E-state index contributed by atoms with van der Waals surface area (Å²) in [5.74, 6) is 0.825. The Labute approximate surface area is 229 Å². The van der Waals surface area contributed by atoms with E-state index in [4.69, 9.17) is 9.15 Å². The molecule has 6 heteroatoms. The second-order valence-corrected chi connectivity index (χ2v) is 9.13. The minimum atomic E-state index is -0.434. The lowest BCUT2D eigenvalue weighted by molar-refractivity contribution is 0.309. The van der Waals surface area contributed by atoms with Crippen LogP contribution in [0.3, 0.4) is 0 Å². The molecule has 0 spiro atoms. The number of aliphatic imine (C=N–C) groups is 1. The van der Waals surface area contributed by atoms with Crippen molar-refractivity contribution < 1.29 is 9.15 Å². The molecule has 0 saturated carbocycles. The zero-order valence-corrected chi connectivity index (χ0v) is 22.7. The van der Waals surface area contributed by atoms with Gasteiger partial charge < -0.3 is 14.1 Å². The van der Waals surface area contributed by atoms with E-state index in [1.54, 1.807) is 6.07 Å². The number of ether oxygens (including phenoxy) is 1. The summed E-state index contributed by atoms with van der Waals surface area (Å²) >= 11 is 0. The van der Waals surface area contributed by atoms with Gasteiger partial charge in [0, 0.05) is 36.4 Å². The van der Waals surface area contributed by atoms with Crippen LogP contribution in [0, 0.1) is 11.3 Å². The summed E-state index contributed by atoms with van der Waals surface area (Å²) in [6, 6.07) is 25.0. The smallest absolute Gasteiger partial charge is 0.345 e. The number of nitriles is 1. The summed E-state index contributed by atoms with van der Waals surface area (Å²) in [7, 11) is 0. The molecule has 0 aliphatic heterocycles. The first-order valence-corrected chi connectivity index (χ1v) is 13.4. The molecule has 4 aromatic rings. The summed E-state index contributed by atoms with van der Waals surface area (Å²) in [6.07, 6.45) is 5.48. The van der Waals surface area contributed by atoms with Crippen molar-refractivity contribution in [2.75, 3.05) is 24.6 Å². The van der Waals surface area contributed by atoms with Gasteiger partial charge in [-0.15, -0.1) is 0 Å². The van der Waals surface area contributed by atoms with Gasteiger partial charge in [0.2, 0.25) is 0 Å². The first kappa shape index (κ1) is 27.4. The van der Waals surface area contributed by atoms with E-state index in [-0.39, 0.29) is 0 Å². The molecule has 0 fully saturated rings. The van der Waals surface area contributed by atoms with Gasteiger partial charge in [-0.05, 0) is 79.9 Å². The highest BCUT2D eigenvalue weighted by atomic mass is 16.5. The molecule has 1 aromatic heterocycles. The maximum atomic E-state index is 12.6. The minimum Gasteiger partial charge on any atom is -0.494 e. The zero-order chi connectivity index (χ0) is 27.6. The molecule has 6 nitrogen and oxygen atoms in total. The zero-order valence-electron chi connectivity index (χ0n) is 22.7. The number of fused-ring (bicyclic) bond motifs is 1. The molecule has 1 heterocycles. The van der Waals surface area contributed by atoms with E-state index in [1.165, 1.54) is 6.21 Å². The molecule has 0 saturated heterocycles. The molecule has 3 aromatic carbocycles. The Balaban J connectivity index is 1.48. The summed E-state index contributed by atoms with van der Waals surface area (Å²) in [5, 5.41) is 10.6. The van der Waals surface area contributed by atoms with Crippen LogP contribution in [0.5, 0.6) is 5.75 Å². The number of rotatable bonds is 11. The maximum Gasteiger partial charge on any atom is 0.345 e. The molecule has 0 unspecified atom stereocenters. The molecule has 0 aliphatic rings. The monoisotopic (exact) mass is 519 g/mol. The van der Waals surface area contributed by atoms with Crippen molar-refractivity contribution in [1.82, 2.24) is 0 Å². The summed E-state index contributed by atoms with van der Waals surface area (Å²) in [5.41, 5.74) is 4.44. The lowest BCUT2D eigenvalue weighted by Crippen LogP contribution is -2.21. The average Bonchev–Trinajstić information content (AvgIpc) is 2.96. The average molecular weight is 520 g/mol. The molecule has 39 heavy (non-hydrogen) atoms. The van der Waals surface area contributed by atoms with Crippen molar-refractivity contribution in [2.45, 2.75) is 33.6 Å². The Bertz CT molecular complexity index is 1560. The van der Waals surface area contributed by atoms with Crippen molar-refractivity contribution in [3.05, 3.63) is 99.9 Å². The third kappa shape index (κ3) is 7.03.